The minimum atomic E-state index is -0.958. The van der Waals surface area contributed by atoms with Gasteiger partial charge in [0.1, 0.15) is 0 Å². The molecule has 0 aromatic rings. The molecular formula is C4H14N2S2. The number of hydrogen-bond donors (Lipinski definition) is 2. The summed E-state index contributed by atoms with van der Waals surface area (Å²) in [5.74, 6) is 2.04. The van der Waals surface area contributed by atoms with E-state index in [2.05, 4.69) is 13.8 Å². The van der Waals surface area contributed by atoms with Gasteiger partial charge in [0.25, 0.3) is 0 Å². The molecule has 4 heteroatoms. The van der Waals surface area contributed by atoms with Gasteiger partial charge in [-0.15, -0.1) is 9.25 Å². The molecule has 0 aromatic carbocycles. The van der Waals surface area contributed by atoms with E-state index in [1.54, 1.807) is 0 Å². The first-order valence-corrected chi connectivity index (χ1v) is 6.06. The van der Waals surface area contributed by atoms with E-state index in [9.17, 15) is 0 Å². The standard InChI is InChI=1S/C4H14N2S2/c1-3-8(6,4-2)7-5/h3-6H2,1-2H3. The molecule has 0 aliphatic carbocycles. The average Bonchev–Trinajstić information content (AvgIpc) is 1.87. The average molecular weight is 154 g/mol. The van der Waals surface area contributed by atoms with Crippen LogP contribution in [0.5, 0.6) is 0 Å². The van der Waals surface area contributed by atoms with Crippen LogP contribution >= 0.6 is 20.2 Å². The lowest BCUT2D eigenvalue weighted by Crippen LogP contribution is -2.13. The Balaban J connectivity index is 3.58. The van der Waals surface area contributed by atoms with Crippen molar-refractivity contribution in [3.63, 3.8) is 0 Å². The molecular weight excluding hydrogens is 140 g/mol. The van der Waals surface area contributed by atoms with Crippen LogP contribution in [0.15, 0.2) is 0 Å². The second kappa shape index (κ2) is 3.61. The molecule has 0 aliphatic heterocycles. The molecule has 0 fully saturated rings. The summed E-state index contributed by atoms with van der Waals surface area (Å²) in [5.41, 5.74) is 0. The van der Waals surface area contributed by atoms with Gasteiger partial charge in [-0.1, -0.05) is 13.8 Å². The van der Waals surface area contributed by atoms with Gasteiger partial charge in [0, 0.05) is 0 Å². The molecule has 0 unspecified atom stereocenters. The van der Waals surface area contributed by atoms with Crippen molar-refractivity contribution in [3.05, 3.63) is 0 Å². The van der Waals surface area contributed by atoms with E-state index < -0.39 is 9.25 Å². The Labute approximate surface area is 56.4 Å². The molecule has 2 nitrogen and oxygen atoms in total. The van der Waals surface area contributed by atoms with Gasteiger partial charge in [-0.25, -0.2) is 0 Å². The van der Waals surface area contributed by atoms with E-state index in [4.69, 9.17) is 10.3 Å². The van der Waals surface area contributed by atoms with Crippen LogP contribution in [0.4, 0.5) is 0 Å². The van der Waals surface area contributed by atoms with Crippen molar-refractivity contribution in [2.45, 2.75) is 13.8 Å². The molecule has 0 amide bonds. The molecule has 0 radical (unpaired) electrons. The van der Waals surface area contributed by atoms with Gasteiger partial charge in [-0.05, 0) is 22.5 Å². The highest BCUT2D eigenvalue weighted by atomic mass is 33.2. The van der Waals surface area contributed by atoms with Crippen molar-refractivity contribution in [2.24, 2.45) is 10.3 Å². The molecule has 0 saturated carbocycles. The number of nitrogens with two attached hydrogens (primary N) is 2. The monoisotopic (exact) mass is 154 g/mol. The maximum Gasteiger partial charge on any atom is -0.00396 e. The highest BCUT2D eigenvalue weighted by Gasteiger charge is 2.10. The molecule has 0 aromatic heterocycles. The van der Waals surface area contributed by atoms with E-state index in [-0.39, 0.29) is 0 Å². The minimum absolute atomic E-state index is 0.958. The van der Waals surface area contributed by atoms with Crippen LogP contribution in [0.3, 0.4) is 0 Å². The molecule has 0 atom stereocenters. The fourth-order valence-corrected chi connectivity index (χ4v) is 1.84. The first-order valence-electron chi connectivity index (χ1n) is 2.63. The Morgan fingerprint density at radius 2 is 1.75 bits per heavy atom. The summed E-state index contributed by atoms with van der Waals surface area (Å²) in [6, 6.07) is 0. The Kier molecular flexibility index (Phi) is 3.89. The molecule has 0 heterocycles. The van der Waals surface area contributed by atoms with Gasteiger partial charge >= 0.3 is 0 Å². The van der Waals surface area contributed by atoms with E-state index in [0.29, 0.717) is 0 Å². The first kappa shape index (κ1) is 8.62. The topological polar surface area (TPSA) is 52.0 Å². The lowest BCUT2D eigenvalue weighted by atomic mass is 11.0. The summed E-state index contributed by atoms with van der Waals surface area (Å²) in [7, 11) is 0.375. The Morgan fingerprint density at radius 1 is 1.38 bits per heavy atom. The van der Waals surface area contributed by atoms with Crippen LogP contribution in [-0.2, 0) is 0 Å². The zero-order valence-corrected chi connectivity index (χ0v) is 7.02. The van der Waals surface area contributed by atoms with Gasteiger partial charge in [0.05, 0.1) is 0 Å². The van der Waals surface area contributed by atoms with Crippen LogP contribution in [0.2, 0.25) is 0 Å². The molecule has 4 N–H and O–H groups in total. The third-order valence-electron chi connectivity index (χ3n) is 1.17. The van der Waals surface area contributed by atoms with E-state index >= 15 is 0 Å². The Bertz CT molecular complexity index is 54.8. The smallest absolute Gasteiger partial charge is 0.00396 e. The number of hydrogen-bond acceptors (Lipinski definition) is 3. The maximum atomic E-state index is 5.82. The second-order valence-corrected chi connectivity index (χ2v) is 7.20. The van der Waals surface area contributed by atoms with Crippen molar-refractivity contribution in [1.82, 2.24) is 0 Å². The van der Waals surface area contributed by atoms with Gasteiger partial charge in [-0.2, -0.15) is 0 Å². The van der Waals surface area contributed by atoms with Crippen molar-refractivity contribution >= 4 is 20.2 Å². The van der Waals surface area contributed by atoms with Crippen molar-refractivity contribution in [3.8, 4) is 0 Å². The predicted molar refractivity (Wildman–Crippen MR) is 44.6 cm³/mol. The highest BCUT2D eigenvalue weighted by molar-refractivity contribution is 8.92. The molecule has 0 spiro atoms. The molecule has 0 saturated heterocycles. The zero-order chi connectivity index (χ0) is 6.62. The van der Waals surface area contributed by atoms with Crippen molar-refractivity contribution in [2.75, 3.05) is 11.5 Å². The van der Waals surface area contributed by atoms with E-state index in [1.165, 1.54) is 11.0 Å². The quantitative estimate of drug-likeness (QED) is 0.475. The number of rotatable bonds is 3. The fourth-order valence-electron chi connectivity index (χ4n) is 0.340. The molecule has 0 rings (SSSR count). The third kappa shape index (κ3) is 2.26. The van der Waals surface area contributed by atoms with Crippen LogP contribution in [-0.4, -0.2) is 11.5 Å². The van der Waals surface area contributed by atoms with Crippen LogP contribution in [0.25, 0.3) is 0 Å². The van der Waals surface area contributed by atoms with Gasteiger partial charge in [-0.3, -0.25) is 10.3 Å². The van der Waals surface area contributed by atoms with Crippen molar-refractivity contribution in [1.29, 1.82) is 0 Å². The van der Waals surface area contributed by atoms with Crippen LogP contribution in [0, 0.1) is 0 Å². The largest absolute Gasteiger partial charge is 0.285 e. The van der Waals surface area contributed by atoms with Crippen molar-refractivity contribution < 1.29 is 0 Å². The van der Waals surface area contributed by atoms with Gasteiger partial charge in [0.2, 0.25) is 0 Å². The molecule has 0 bridgehead atoms. The summed E-state index contributed by atoms with van der Waals surface area (Å²) in [5, 5.41) is 11.2. The second-order valence-electron chi connectivity index (χ2n) is 1.54. The normalized spacial score (nSPS) is 14.0. The Morgan fingerprint density at radius 3 is 1.75 bits per heavy atom. The molecule has 0 aliphatic rings. The maximum absolute atomic E-state index is 5.82. The summed E-state index contributed by atoms with van der Waals surface area (Å²) < 4.78 is 0. The highest BCUT2D eigenvalue weighted by Crippen LogP contribution is 2.48. The zero-order valence-electron chi connectivity index (χ0n) is 5.39. The SMILES string of the molecule is CCS(N)(CC)SN. The molecule has 8 heavy (non-hydrogen) atoms. The van der Waals surface area contributed by atoms with E-state index in [0.717, 1.165) is 11.5 Å². The fraction of sp³-hybridized carbons (Fsp3) is 1.00. The summed E-state index contributed by atoms with van der Waals surface area (Å²) >= 11 is 0. The lowest BCUT2D eigenvalue weighted by molar-refractivity contribution is 1.42. The minimum Gasteiger partial charge on any atom is -0.285 e. The third-order valence-corrected chi connectivity index (χ3v) is 6.07. The summed E-state index contributed by atoms with van der Waals surface area (Å²) in [4.78, 5) is 0. The lowest BCUT2D eigenvalue weighted by Gasteiger charge is -2.28. The van der Waals surface area contributed by atoms with Gasteiger partial charge in [0.15, 0.2) is 0 Å². The van der Waals surface area contributed by atoms with Crippen LogP contribution < -0.4 is 10.3 Å². The predicted octanol–water partition coefficient (Wildman–Crippen LogP) is 1.23. The first-order chi connectivity index (χ1) is 3.68. The van der Waals surface area contributed by atoms with E-state index in [1.807, 2.05) is 0 Å². The Hall–Kier alpha value is 0.620. The summed E-state index contributed by atoms with van der Waals surface area (Å²) in [6.07, 6.45) is 0. The van der Waals surface area contributed by atoms with Gasteiger partial charge < -0.3 is 0 Å². The summed E-state index contributed by atoms with van der Waals surface area (Å²) in [6.45, 7) is 4.16. The molecule has 52 valence electrons. The van der Waals surface area contributed by atoms with Crippen LogP contribution in [0.1, 0.15) is 13.8 Å².